The number of carboxylic acids is 1. The summed E-state index contributed by atoms with van der Waals surface area (Å²) in [5, 5.41) is 17.2. The van der Waals surface area contributed by atoms with Crippen molar-refractivity contribution in [3.63, 3.8) is 0 Å². The van der Waals surface area contributed by atoms with Gasteiger partial charge < -0.3 is 5.11 Å². The highest BCUT2D eigenvalue weighted by Gasteiger charge is 2.21. The van der Waals surface area contributed by atoms with Crippen molar-refractivity contribution in [3.05, 3.63) is 26.6 Å². The van der Waals surface area contributed by atoms with Crippen molar-refractivity contribution in [1.29, 1.82) is 5.26 Å². The van der Waals surface area contributed by atoms with Crippen molar-refractivity contribution in [2.24, 2.45) is 0 Å². The van der Waals surface area contributed by atoms with E-state index >= 15 is 0 Å². The van der Waals surface area contributed by atoms with Crippen LogP contribution in [0.5, 0.6) is 0 Å². The van der Waals surface area contributed by atoms with Crippen LogP contribution in [0.1, 0.15) is 28.0 Å². The molecule has 0 radical (unpaired) electrons. The van der Waals surface area contributed by atoms with Crippen LogP contribution < -0.4 is 0 Å². The molecule has 0 atom stereocenters. The van der Waals surface area contributed by atoms with Crippen LogP contribution in [-0.4, -0.2) is 16.1 Å². The predicted octanol–water partition coefficient (Wildman–Crippen LogP) is 2.19. The Hall–Kier alpha value is -1.30. The fraction of sp³-hybridized carbons (Fsp3) is 0.125. The second-order valence-corrected chi connectivity index (χ2v) is 3.50. The molecule has 0 aromatic carbocycles. The number of nitriles is 1. The molecule has 0 unspecified atom stereocenters. The van der Waals surface area contributed by atoms with Gasteiger partial charge in [0.15, 0.2) is 5.69 Å². The monoisotopic (exact) mass is 324 g/mol. The summed E-state index contributed by atoms with van der Waals surface area (Å²) in [6, 6.07) is 2.51. The molecule has 0 fully saturated rings. The number of hydrogen-bond donors (Lipinski definition) is 1. The van der Waals surface area contributed by atoms with Gasteiger partial charge in [-0.1, -0.05) is 0 Å². The van der Waals surface area contributed by atoms with Crippen LogP contribution >= 0.6 is 22.6 Å². The lowest BCUT2D eigenvalue weighted by atomic mass is 10.1. The second kappa shape index (κ2) is 4.48. The third kappa shape index (κ3) is 2.38. The van der Waals surface area contributed by atoms with Crippen molar-refractivity contribution < 1.29 is 18.7 Å². The summed E-state index contributed by atoms with van der Waals surface area (Å²) in [5.74, 6) is -1.53. The lowest BCUT2D eigenvalue weighted by Crippen LogP contribution is -2.08. The molecular formula is C8H3F2IN2O2. The number of hydrogen-bond acceptors (Lipinski definition) is 3. The van der Waals surface area contributed by atoms with E-state index in [1.807, 2.05) is 0 Å². The van der Waals surface area contributed by atoms with Crippen molar-refractivity contribution >= 4 is 28.6 Å². The zero-order valence-corrected chi connectivity index (χ0v) is 9.20. The van der Waals surface area contributed by atoms with Gasteiger partial charge in [0, 0.05) is 0 Å². The molecule has 1 rings (SSSR count). The smallest absolute Gasteiger partial charge is 0.355 e. The van der Waals surface area contributed by atoms with Gasteiger partial charge >= 0.3 is 5.97 Å². The van der Waals surface area contributed by atoms with E-state index in [1.54, 1.807) is 28.7 Å². The number of halogens is 3. The Morgan fingerprint density at radius 3 is 2.67 bits per heavy atom. The molecule has 0 amide bonds. The summed E-state index contributed by atoms with van der Waals surface area (Å²) in [5.41, 5.74) is -1.51. The summed E-state index contributed by atoms with van der Waals surface area (Å²) in [7, 11) is 0. The summed E-state index contributed by atoms with van der Waals surface area (Å²) >= 11 is 1.62. The van der Waals surface area contributed by atoms with Gasteiger partial charge in [0.1, 0.15) is 9.77 Å². The maximum Gasteiger partial charge on any atom is 0.355 e. The summed E-state index contributed by atoms with van der Waals surface area (Å²) in [6.07, 6.45) is -2.97. The standard InChI is InChI=1S/C8H3F2IN2O2/c9-6(10)4-1-3(2-12)7(11)13-5(4)8(14)15/h1,6H,(H,14,15). The third-order valence-electron chi connectivity index (χ3n) is 1.56. The first-order valence-electron chi connectivity index (χ1n) is 3.59. The highest BCUT2D eigenvalue weighted by Crippen LogP contribution is 2.24. The quantitative estimate of drug-likeness (QED) is 0.668. The number of carboxylic acid groups (broad SMARTS) is 1. The summed E-state index contributed by atoms with van der Waals surface area (Å²) < 4.78 is 24.9. The van der Waals surface area contributed by atoms with Gasteiger partial charge in [-0.15, -0.1) is 0 Å². The molecule has 0 aliphatic heterocycles. The van der Waals surface area contributed by atoms with E-state index < -0.39 is 23.7 Å². The first-order chi connectivity index (χ1) is 6.97. The van der Waals surface area contributed by atoms with E-state index in [9.17, 15) is 13.6 Å². The molecule has 7 heteroatoms. The van der Waals surface area contributed by atoms with Crippen LogP contribution in [0.3, 0.4) is 0 Å². The van der Waals surface area contributed by atoms with E-state index in [0.717, 1.165) is 6.07 Å². The van der Waals surface area contributed by atoms with Crippen LogP contribution in [0.25, 0.3) is 0 Å². The molecule has 1 aromatic heterocycles. The number of pyridine rings is 1. The molecule has 0 bridgehead atoms. The largest absolute Gasteiger partial charge is 0.476 e. The first kappa shape index (κ1) is 11.8. The topological polar surface area (TPSA) is 74.0 Å². The minimum atomic E-state index is -2.97. The van der Waals surface area contributed by atoms with Crippen LogP contribution in [-0.2, 0) is 0 Å². The van der Waals surface area contributed by atoms with E-state index in [0.29, 0.717) is 0 Å². The number of aromatic nitrogens is 1. The average Bonchev–Trinajstić information content (AvgIpc) is 2.16. The molecule has 0 saturated carbocycles. The predicted molar refractivity (Wildman–Crippen MR) is 53.6 cm³/mol. The Kier molecular flexibility index (Phi) is 3.52. The molecule has 0 spiro atoms. The third-order valence-corrected chi connectivity index (χ3v) is 2.39. The molecule has 4 nitrogen and oxygen atoms in total. The maximum atomic E-state index is 12.4. The molecular weight excluding hydrogens is 321 g/mol. The second-order valence-electron chi connectivity index (χ2n) is 2.48. The van der Waals surface area contributed by atoms with Crippen molar-refractivity contribution in [1.82, 2.24) is 4.98 Å². The van der Waals surface area contributed by atoms with Gasteiger partial charge in [0.25, 0.3) is 6.43 Å². The van der Waals surface area contributed by atoms with Gasteiger partial charge in [-0.3, -0.25) is 0 Å². The molecule has 1 aromatic rings. The van der Waals surface area contributed by atoms with E-state index in [-0.39, 0.29) is 9.26 Å². The summed E-state index contributed by atoms with van der Waals surface area (Å²) in [4.78, 5) is 14.0. The van der Waals surface area contributed by atoms with E-state index in [4.69, 9.17) is 10.4 Å². The molecule has 0 saturated heterocycles. The van der Waals surface area contributed by atoms with Gasteiger partial charge in [-0.25, -0.2) is 18.6 Å². The Morgan fingerprint density at radius 1 is 1.67 bits per heavy atom. The zero-order valence-electron chi connectivity index (χ0n) is 7.04. The normalized spacial score (nSPS) is 10.1. The lowest BCUT2D eigenvalue weighted by molar-refractivity contribution is 0.0677. The molecule has 0 aliphatic carbocycles. The highest BCUT2D eigenvalue weighted by atomic mass is 127. The van der Waals surface area contributed by atoms with Crippen molar-refractivity contribution in [2.45, 2.75) is 6.43 Å². The Bertz CT molecular complexity index is 457. The fourth-order valence-electron chi connectivity index (χ4n) is 0.922. The Balaban J connectivity index is 3.47. The van der Waals surface area contributed by atoms with E-state index in [2.05, 4.69) is 4.98 Å². The van der Waals surface area contributed by atoms with Crippen molar-refractivity contribution in [3.8, 4) is 6.07 Å². The number of nitrogens with zero attached hydrogens (tertiary/aromatic N) is 2. The van der Waals surface area contributed by atoms with Crippen LogP contribution in [0.15, 0.2) is 6.07 Å². The van der Waals surface area contributed by atoms with Gasteiger partial charge in [-0.2, -0.15) is 5.26 Å². The van der Waals surface area contributed by atoms with E-state index in [1.165, 1.54) is 0 Å². The molecule has 78 valence electrons. The Labute approximate surface area is 96.7 Å². The number of carbonyl (C=O) groups is 1. The molecule has 0 aliphatic rings. The summed E-state index contributed by atoms with van der Waals surface area (Å²) in [6.45, 7) is 0. The fourth-order valence-corrected chi connectivity index (χ4v) is 1.44. The van der Waals surface area contributed by atoms with Crippen LogP contribution in [0.4, 0.5) is 8.78 Å². The minimum Gasteiger partial charge on any atom is -0.476 e. The lowest BCUT2D eigenvalue weighted by Gasteiger charge is -2.05. The van der Waals surface area contributed by atoms with Crippen molar-refractivity contribution in [2.75, 3.05) is 0 Å². The van der Waals surface area contributed by atoms with Gasteiger partial charge in [0.05, 0.1) is 11.1 Å². The maximum absolute atomic E-state index is 12.4. The van der Waals surface area contributed by atoms with Crippen LogP contribution in [0.2, 0.25) is 0 Å². The first-order valence-corrected chi connectivity index (χ1v) is 4.67. The highest BCUT2D eigenvalue weighted by molar-refractivity contribution is 14.1. The number of aromatic carboxylic acids is 1. The molecule has 1 N–H and O–H groups in total. The minimum absolute atomic E-state index is 0.0594. The zero-order chi connectivity index (χ0) is 11.6. The van der Waals surface area contributed by atoms with Gasteiger partial charge in [0.2, 0.25) is 0 Å². The Morgan fingerprint density at radius 2 is 2.27 bits per heavy atom. The molecule has 1 heterocycles. The van der Waals surface area contributed by atoms with Gasteiger partial charge in [-0.05, 0) is 28.7 Å². The van der Waals surface area contributed by atoms with Crippen LogP contribution in [0, 0.1) is 15.0 Å². The average molecular weight is 324 g/mol. The molecule has 15 heavy (non-hydrogen) atoms. The number of alkyl halides is 2. The SMILES string of the molecule is N#Cc1cc(C(F)F)c(C(=O)O)nc1I. The number of rotatable bonds is 2.